The lowest BCUT2D eigenvalue weighted by atomic mass is 10.2. The molecule has 0 aliphatic heterocycles. The molecule has 1 aromatic heterocycles. The van der Waals surface area contributed by atoms with Crippen molar-refractivity contribution >= 4 is 51.2 Å². The van der Waals surface area contributed by atoms with Gasteiger partial charge in [-0.3, -0.25) is 9.59 Å². The molecule has 162 valence electrons. The van der Waals surface area contributed by atoms with Gasteiger partial charge in [0.2, 0.25) is 5.91 Å². The zero-order chi connectivity index (χ0) is 22.2. The first-order valence-corrected chi connectivity index (χ1v) is 11.4. The van der Waals surface area contributed by atoms with Gasteiger partial charge in [0.1, 0.15) is 6.54 Å². The Bertz CT molecular complexity index is 1150. The number of hydrogen-bond acceptors (Lipinski definition) is 7. The molecule has 1 heterocycles. The number of nitrogens with zero attached hydrogens (tertiary/aromatic N) is 2. The van der Waals surface area contributed by atoms with Crippen LogP contribution in [0, 0.1) is 0 Å². The third-order valence-corrected chi connectivity index (χ3v) is 6.31. The summed E-state index contributed by atoms with van der Waals surface area (Å²) >= 11 is 2.82. The topological polar surface area (TPSA) is 87.0 Å². The van der Waals surface area contributed by atoms with Crippen molar-refractivity contribution in [3.63, 3.8) is 0 Å². The van der Waals surface area contributed by atoms with Crippen LogP contribution in [0.3, 0.4) is 0 Å². The Kier molecular flexibility index (Phi) is 8.02. The number of carbonyl (C=O) groups excluding carboxylic acids is 3. The zero-order valence-corrected chi connectivity index (χ0v) is 18.8. The molecule has 0 fully saturated rings. The molecule has 3 rings (SSSR count). The molecule has 0 aliphatic rings. The van der Waals surface area contributed by atoms with E-state index in [1.807, 2.05) is 30.3 Å². The Balaban J connectivity index is 1.87. The van der Waals surface area contributed by atoms with Crippen molar-refractivity contribution in [3.05, 3.63) is 58.9 Å². The van der Waals surface area contributed by atoms with Crippen LogP contribution in [0.25, 0.3) is 10.2 Å². The number of esters is 2. The van der Waals surface area contributed by atoms with Crippen molar-refractivity contribution in [1.29, 1.82) is 0 Å². The summed E-state index contributed by atoms with van der Waals surface area (Å²) in [6, 6.07) is 14.9. The van der Waals surface area contributed by atoms with Crippen LogP contribution in [0.15, 0.2) is 58.4 Å². The molecule has 1 amide bonds. The Morgan fingerprint density at radius 2 is 1.90 bits per heavy atom. The number of fused-ring (bicyclic) bond motifs is 1. The maximum atomic E-state index is 12.5. The van der Waals surface area contributed by atoms with Gasteiger partial charge in [-0.2, -0.15) is 4.99 Å². The Morgan fingerprint density at radius 3 is 2.61 bits per heavy atom. The molecule has 0 aliphatic carbocycles. The fourth-order valence-electron chi connectivity index (χ4n) is 2.78. The SMILES string of the molecule is CCOC(=O)c1ccc2c(c1)sc(=NC(=O)CCSc1ccccc1)n2CC(=O)OC. The summed E-state index contributed by atoms with van der Waals surface area (Å²) in [4.78, 5) is 42.1. The van der Waals surface area contributed by atoms with Gasteiger partial charge >= 0.3 is 11.9 Å². The van der Waals surface area contributed by atoms with E-state index in [9.17, 15) is 14.4 Å². The normalized spacial score (nSPS) is 11.5. The number of benzene rings is 2. The number of carbonyl (C=O) groups is 3. The predicted octanol–water partition coefficient (Wildman–Crippen LogP) is 3.66. The van der Waals surface area contributed by atoms with Crippen molar-refractivity contribution < 1.29 is 23.9 Å². The van der Waals surface area contributed by atoms with Gasteiger partial charge in [0.25, 0.3) is 0 Å². The number of amides is 1. The van der Waals surface area contributed by atoms with Crippen molar-refractivity contribution in [2.45, 2.75) is 24.8 Å². The first-order valence-electron chi connectivity index (χ1n) is 9.64. The molecule has 7 nitrogen and oxygen atoms in total. The third-order valence-electron chi connectivity index (χ3n) is 4.26. The van der Waals surface area contributed by atoms with E-state index in [4.69, 9.17) is 9.47 Å². The zero-order valence-electron chi connectivity index (χ0n) is 17.2. The number of thioether (sulfide) groups is 1. The second-order valence-corrected chi connectivity index (χ2v) is 8.54. The van der Waals surface area contributed by atoms with Crippen molar-refractivity contribution in [2.75, 3.05) is 19.5 Å². The summed E-state index contributed by atoms with van der Waals surface area (Å²) < 4.78 is 12.2. The van der Waals surface area contributed by atoms with E-state index in [0.717, 1.165) is 9.60 Å². The molecule has 0 unspecified atom stereocenters. The van der Waals surface area contributed by atoms with E-state index in [0.29, 0.717) is 21.6 Å². The highest BCUT2D eigenvalue weighted by Gasteiger charge is 2.15. The standard InChI is InChI=1S/C22H22N2O5S2/c1-3-29-21(27)15-9-10-17-18(13-15)31-22(24(17)14-20(26)28-2)23-19(25)11-12-30-16-7-5-4-6-8-16/h4-10,13H,3,11-12,14H2,1-2H3. The molecule has 0 N–H and O–H groups in total. The number of ether oxygens (including phenoxy) is 2. The average molecular weight is 459 g/mol. The smallest absolute Gasteiger partial charge is 0.338 e. The molecule has 2 aromatic carbocycles. The molecule has 3 aromatic rings. The summed E-state index contributed by atoms with van der Waals surface area (Å²) in [5.74, 6) is -0.562. The lowest BCUT2D eigenvalue weighted by Gasteiger charge is -2.05. The van der Waals surface area contributed by atoms with Crippen LogP contribution in [-0.4, -0.2) is 41.9 Å². The van der Waals surface area contributed by atoms with Gasteiger partial charge in [0.05, 0.1) is 29.5 Å². The fraction of sp³-hybridized carbons (Fsp3) is 0.273. The summed E-state index contributed by atoms with van der Waals surface area (Å²) in [5.41, 5.74) is 1.09. The summed E-state index contributed by atoms with van der Waals surface area (Å²) in [6.07, 6.45) is 0.264. The van der Waals surface area contributed by atoms with Gasteiger partial charge in [-0.15, -0.1) is 11.8 Å². The van der Waals surface area contributed by atoms with Crippen LogP contribution in [-0.2, 0) is 25.6 Å². The van der Waals surface area contributed by atoms with Crippen molar-refractivity contribution in [1.82, 2.24) is 4.57 Å². The van der Waals surface area contributed by atoms with E-state index < -0.39 is 11.9 Å². The molecule has 9 heteroatoms. The van der Waals surface area contributed by atoms with Crippen LogP contribution in [0.4, 0.5) is 0 Å². The van der Waals surface area contributed by atoms with Crippen molar-refractivity contribution in [3.8, 4) is 0 Å². The van der Waals surface area contributed by atoms with E-state index in [1.54, 1.807) is 41.5 Å². The van der Waals surface area contributed by atoms with Gasteiger partial charge in [0.15, 0.2) is 4.80 Å². The maximum Gasteiger partial charge on any atom is 0.338 e. The van der Waals surface area contributed by atoms with Crippen LogP contribution in [0.2, 0.25) is 0 Å². The molecule has 0 bridgehead atoms. The second-order valence-electron chi connectivity index (χ2n) is 6.37. The predicted molar refractivity (Wildman–Crippen MR) is 120 cm³/mol. The van der Waals surface area contributed by atoms with Crippen molar-refractivity contribution in [2.24, 2.45) is 4.99 Å². The van der Waals surface area contributed by atoms with Gasteiger partial charge in [-0.1, -0.05) is 29.5 Å². The Hall–Kier alpha value is -2.91. The number of aromatic nitrogens is 1. The first kappa shape index (κ1) is 22.8. The molecule has 0 spiro atoms. The lowest BCUT2D eigenvalue weighted by molar-refractivity contribution is -0.141. The molecular weight excluding hydrogens is 436 g/mol. The minimum absolute atomic E-state index is 0.0832. The lowest BCUT2D eigenvalue weighted by Crippen LogP contribution is -2.22. The van der Waals surface area contributed by atoms with E-state index in [1.165, 1.54) is 18.4 Å². The van der Waals surface area contributed by atoms with E-state index in [2.05, 4.69) is 4.99 Å². The molecule has 0 atom stereocenters. The molecule has 0 saturated heterocycles. The van der Waals surface area contributed by atoms with Crippen LogP contribution in [0.1, 0.15) is 23.7 Å². The minimum Gasteiger partial charge on any atom is -0.468 e. The summed E-state index contributed by atoms with van der Waals surface area (Å²) in [5, 5.41) is 0. The molecular formula is C22H22N2O5S2. The molecule has 0 saturated carbocycles. The quantitative estimate of drug-likeness (QED) is 0.378. The number of thiazole rings is 1. The van der Waals surface area contributed by atoms with Gasteiger partial charge in [0, 0.05) is 17.1 Å². The minimum atomic E-state index is -0.456. The van der Waals surface area contributed by atoms with Gasteiger partial charge in [-0.05, 0) is 37.3 Å². The van der Waals surface area contributed by atoms with Crippen LogP contribution >= 0.6 is 23.1 Å². The van der Waals surface area contributed by atoms with Gasteiger partial charge < -0.3 is 14.0 Å². The number of methoxy groups -OCH3 is 1. The summed E-state index contributed by atoms with van der Waals surface area (Å²) in [6.45, 7) is 1.93. The largest absolute Gasteiger partial charge is 0.468 e. The monoisotopic (exact) mass is 458 g/mol. The summed E-state index contributed by atoms with van der Waals surface area (Å²) in [7, 11) is 1.30. The fourth-order valence-corrected chi connectivity index (χ4v) is 4.73. The van der Waals surface area contributed by atoms with Crippen LogP contribution in [0.5, 0.6) is 0 Å². The van der Waals surface area contributed by atoms with E-state index >= 15 is 0 Å². The first-order chi connectivity index (χ1) is 15.0. The van der Waals surface area contributed by atoms with E-state index in [-0.39, 0.29) is 25.5 Å². The third kappa shape index (κ3) is 6.05. The highest BCUT2D eigenvalue weighted by molar-refractivity contribution is 7.99. The highest BCUT2D eigenvalue weighted by Crippen LogP contribution is 2.21. The Morgan fingerprint density at radius 1 is 1.13 bits per heavy atom. The second kappa shape index (κ2) is 10.9. The van der Waals surface area contributed by atoms with Crippen LogP contribution < -0.4 is 4.80 Å². The highest BCUT2D eigenvalue weighted by atomic mass is 32.2. The Labute approximate surface area is 187 Å². The number of hydrogen-bond donors (Lipinski definition) is 0. The number of rotatable bonds is 8. The molecule has 31 heavy (non-hydrogen) atoms. The molecule has 0 radical (unpaired) electrons. The van der Waals surface area contributed by atoms with Gasteiger partial charge in [-0.25, -0.2) is 4.79 Å². The maximum absolute atomic E-state index is 12.5. The average Bonchev–Trinajstić information content (AvgIpc) is 3.10.